The molecule has 0 radical (unpaired) electrons. The van der Waals surface area contributed by atoms with Crippen molar-refractivity contribution in [3.63, 3.8) is 0 Å². The predicted molar refractivity (Wildman–Crippen MR) is 72.4 cm³/mol. The zero-order valence-electron chi connectivity index (χ0n) is 11.2. The first-order valence-electron chi connectivity index (χ1n) is 6.79. The van der Waals surface area contributed by atoms with Crippen molar-refractivity contribution in [1.29, 1.82) is 0 Å². The van der Waals surface area contributed by atoms with Crippen LogP contribution >= 0.6 is 0 Å². The third kappa shape index (κ3) is 4.29. The van der Waals surface area contributed by atoms with Gasteiger partial charge in [0, 0.05) is 58.1 Å². The van der Waals surface area contributed by atoms with Crippen LogP contribution in [0.2, 0.25) is 0 Å². The van der Waals surface area contributed by atoms with Gasteiger partial charge in [-0.05, 0) is 24.1 Å². The van der Waals surface area contributed by atoms with Crippen LogP contribution in [-0.4, -0.2) is 58.6 Å². The number of pyridine rings is 1. The minimum Gasteiger partial charge on any atom is -0.396 e. The van der Waals surface area contributed by atoms with Crippen molar-refractivity contribution in [2.75, 3.05) is 32.8 Å². The molecule has 104 valence electrons. The molecule has 1 aromatic rings. The number of piperazine rings is 1. The van der Waals surface area contributed by atoms with E-state index in [0.717, 1.165) is 32.7 Å². The molecular formula is C14H21N3O2. The molecule has 0 aromatic carbocycles. The summed E-state index contributed by atoms with van der Waals surface area (Å²) in [5, 5.41) is 8.74. The maximum atomic E-state index is 11.8. The molecule has 5 nitrogen and oxygen atoms in total. The molecule has 0 atom stereocenters. The van der Waals surface area contributed by atoms with Crippen molar-refractivity contribution in [3.05, 3.63) is 30.1 Å². The molecule has 1 fully saturated rings. The van der Waals surface area contributed by atoms with Crippen molar-refractivity contribution >= 4 is 5.91 Å². The summed E-state index contributed by atoms with van der Waals surface area (Å²) in [7, 11) is 0. The lowest BCUT2D eigenvalue weighted by Crippen LogP contribution is -2.48. The van der Waals surface area contributed by atoms with E-state index in [1.54, 1.807) is 0 Å². The average molecular weight is 263 g/mol. The topological polar surface area (TPSA) is 56.7 Å². The van der Waals surface area contributed by atoms with Crippen molar-refractivity contribution in [2.24, 2.45) is 0 Å². The van der Waals surface area contributed by atoms with Crippen molar-refractivity contribution in [2.45, 2.75) is 19.4 Å². The lowest BCUT2D eigenvalue weighted by Gasteiger charge is -2.34. The Balaban J connectivity index is 1.75. The van der Waals surface area contributed by atoms with Crippen LogP contribution in [0.1, 0.15) is 18.4 Å². The van der Waals surface area contributed by atoms with E-state index in [-0.39, 0.29) is 12.5 Å². The van der Waals surface area contributed by atoms with Gasteiger partial charge in [-0.3, -0.25) is 14.7 Å². The summed E-state index contributed by atoms with van der Waals surface area (Å²) in [6.45, 7) is 4.40. The molecule has 0 unspecified atom stereocenters. The van der Waals surface area contributed by atoms with Crippen molar-refractivity contribution < 1.29 is 9.90 Å². The predicted octanol–water partition coefficient (Wildman–Crippen LogP) is 0.498. The number of hydrogen-bond donors (Lipinski definition) is 1. The second kappa shape index (κ2) is 7.21. The number of aliphatic hydroxyl groups excluding tert-OH is 1. The molecule has 0 aliphatic carbocycles. The fourth-order valence-corrected chi connectivity index (χ4v) is 2.29. The number of rotatable bonds is 5. The first-order valence-corrected chi connectivity index (χ1v) is 6.79. The summed E-state index contributed by atoms with van der Waals surface area (Å²) in [5.41, 5.74) is 1.26. The van der Waals surface area contributed by atoms with E-state index in [9.17, 15) is 4.79 Å². The molecule has 1 aliphatic heterocycles. The van der Waals surface area contributed by atoms with Gasteiger partial charge in [-0.25, -0.2) is 0 Å². The van der Waals surface area contributed by atoms with Crippen molar-refractivity contribution in [1.82, 2.24) is 14.8 Å². The molecule has 19 heavy (non-hydrogen) atoms. The average Bonchev–Trinajstić information content (AvgIpc) is 2.46. The van der Waals surface area contributed by atoms with E-state index in [1.165, 1.54) is 5.56 Å². The number of aliphatic hydroxyl groups is 1. The van der Waals surface area contributed by atoms with Crippen molar-refractivity contribution in [3.8, 4) is 0 Å². The summed E-state index contributed by atoms with van der Waals surface area (Å²) in [4.78, 5) is 20.1. The fourth-order valence-electron chi connectivity index (χ4n) is 2.29. The molecular weight excluding hydrogens is 242 g/mol. The second-order valence-corrected chi connectivity index (χ2v) is 4.84. The molecule has 0 saturated carbocycles. The maximum absolute atomic E-state index is 11.8. The van der Waals surface area contributed by atoms with Gasteiger partial charge in [0.25, 0.3) is 0 Å². The highest BCUT2D eigenvalue weighted by molar-refractivity contribution is 5.76. The monoisotopic (exact) mass is 263 g/mol. The number of nitrogens with zero attached hydrogens (tertiary/aromatic N) is 3. The normalized spacial score (nSPS) is 16.6. The molecule has 1 amide bonds. The molecule has 0 bridgehead atoms. The third-order valence-corrected chi connectivity index (χ3v) is 3.43. The van der Waals surface area contributed by atoms with E-state index in [1.807, 2.05) is 29.4 Å². The van der Waals surface area contributed by atoms with Crippen LogP contribution in [0.5, 0.6) is 0 Å². The lowest BCUT2D eigenvalue weighted by molar-refractivity contribution is -0.133. The zero-order chi connectivity index (χ0) is 13.5. The molecule has 1 saturated heterocycles. The smallest absolute Gasteiger partial charge is 0.222 e. The van der Waals surface area contributed by atoms with Gasteiger partial charge in [0.1, 0.15) is 0 Å². The van der Waals surface area contributed by atoms with Gasteiger partial charge >= 0.3 is 0 Å². The molecule has 5 heteroatoms. The van der Waals surface area contributed by atoms with E-state index in [0.29, 0.717) is 12.8 Å². The molecule has 1 aliphatic rings. The first-order chi connectivity index (χ1) is 9.29. The van der Waals surface area contributed by atoms with Crippen LogP contribution in [0.25, 0.3) is 0 Å². The maximum Gasteiger partial charge on any atom is 0.222 e. The van der Waals surface area contributed by atoms with E-state index in [2.05, 4.69) is 9.88 Å². The summed E-state index contributed by atoms with van der Waals surface area (Å²) in [6.07, 6.45) is 4.64. The van der Waals surface area contributed by atoms with Gasteiger partial charge in [0.05, 0.1) is 0 Å². The highest BCUT2D eigenvalue weighted by Crippen LogP contribution is 2.09. The van der Waals surface area contributed by atoms with Gasteiger partial charge in [-0.1, -0.05) is 0 Å². The Bertz CT molecular complexity index is 389. The lowest BCUT2D eigenvalue weighted by atomic mass is 10.2. The van der Waals surface area contributed by atoms with Gasteiger partial charge < -0.3 is 10.0 Å². The Kier molecular flexibility index (Phi) is 5.30. The van der Waals surface area contributed by atoms with Gasteiger partial charge in [-0.15, -0.1) is 0 Å². The Labute approximate surface area is 113 Å². The highest BCUT2D eigenvalue weighted by Gasteiger charge is 2.20. The Morgan fingerprint density at radius 1 is 1.21 bits per heavy atom. The molecule has 1 aromatic heterocycles. The Morgan fingerprint density at radius 2 is 1.89 bits per heavy atom. The Morgan fingerprint density at radius 3 is 2.53 bits per heavy atom. The van der Waals surface area contributed by atoms with Crippen LogP contribution in [0.4, 0.5) is 0 Å². The number of carbonyl (C=O) groups is 1. The zero-order valence-corrected chi connectivity index (χ0v) is 11.2. The highest BCUT2D eigenvalue weighted by atomic mass is 16.3. The van der Waals surface area contributed by atoms with Crippen LogP contribution in [0.15, 0.2) is 24.5 Å². The SMILES string of the molecule is O=C(CCCO)N1CCN(Cc2ccncc2)CC1. The van der Waals surface area contributed by atoms with E-state index < -0.39 is 0 Å². The molecule has 1 N–H and O–H groups in total. The summed E-state index contributed by atoms with van der Waals surface area (Å²) in [6, 6.07) is 4.05. The van der Waals surface area contributed by atoms with Crippen LogP contribution < -0.4 is 0 Å². The molecule has 2 rings (SSSR count). The number of amides is 1. The number of hydrogen-bond acceptors (Lipinski definition) is 4. The largest absolute Gasteiger partial charge is 0.396 e. The summed E-state index contributed by atoms with van der Waals surface area (Å²) >= 11 is 0. The van der Waals surface area contributed by atoms with Crippen LogP contribution in [0, 0.1) is 0 Å². The standard InChI is InChI=1S/C14H21N3O2/c18-11-1-2-14(19)17-9-7-16(8-10-17)12-13-3-5-15-6-4-13/h3-6,18H,1-2,7-12H2. The third-order valence-electron chi connectivity index (χ3n) is 3.43. The van der Waals surface area contributed by atoms with Gasteiger partial charge in [0.15, 0.2) is 0 Å². The fraction of sp³-hybridized carbons (Fsp3) is 0.571. The minimum absolute atomic E-state index is 0.0910. The second-order valence-electron chi connectivity index (χ2n) is 4.84. The quantitative estimate of drug-likeness (QED) is 0.840. The van der Waals surface area contributed by atoms with E-state index >= 15 is 0 Å². The number of aromatic nitrogens is 1. The van der Waals surface area contributed by atoms with Crippen LogP contribution in [-0.2, 0) is 11.3 Å². The number of carbonyl (C=O) groups excluding carboxylic acids is 1. The molecule has 2 heterocycles. The minimum atomic E-state index is 0.0910. The van der Waals surface area contributed by atoms with Gasteiger partial charge in [-0.2, -0.15) is 0 Å². The summed E-state index contributed by atoms with van der Waals surface area (Å²) < 4.78 is 0. The summed E-state index contributed by atoms with van der Waals surface area (Å²) in [5.74, 6) is 0.164. The van der Waals surface area contributed by atoms with Gasteiger partial charge in [0.2, 0.25) is 5.91 Å². The Hall–Kier alpha value is -1.46. The molecule has 0 spiro atoms. The van der Waals surface area contributed by atoms with E-state index in [4.69, 9.17) is 5.11 Å². The van der Waals surface area contributed by atoms with Crippen LogP contribution in [0.3, 0.4) is 0 Å². The first kappa shape index (κ1) is 14.0.